The van der Waals surface area contributed by atoms with Gasteiger partial charge in [0, 0.05) is 23.6 Å². The molecule has 0 aliphatic carbocycles. The summed E-state index contributed by atoms with van der Waals surface area (Å²) in [5.74, 6) is 0. The largest absolute Gasteiger partial charge is 0.315 e. The maximum atomic E-state index is 3.82. The van der Waals surface area contributed by atoms with E-state index in [9.17, 15) is 0 Å². The van der Waals surface area contributed by atoms with Gasteiger partial charge in [-0.3, -0.25) is 4.90 Å². The molecule has 3 heteroatoms. The zero-order valence-corrected chi connectivity index (χ0v) is 8.52. The van der Waals surface area contributed by atoms with Crippen molar-refractivity contribution in [3.63, 3.8) is 0 Å². The van der Waals surface area contributed by atoms with Crippen molar-refractivity contribution in [1.29, 1.82) is 0 Å². The van der Waals surface area contributed by atoms with Gasteiger partial charge in [0.25, 0.3) is 0 Å². The smallest absolute Gasteiger partial charge is 0.0294 e. The highest BCUT2D eigenvalue weighted by Gasteiger charge is 2.18. The van der Waals surface area contributed by atoms with E-state index in [0.29, 0.717) is 6.04 Å². The molecule has 0 radical (unpaired) electrons. The second-order valence-electron chi connectivity index (χ2n) is 3.08. The summed E-state index contributed by atoms with van der Waals surface area (Å²) in [5, 5.41) is 3.34. The van der Waals surface area contributed by atoms with Crippen LogP contribution in [-0.4, -0.2) is 37.6 Å². The standard InChI is InChI=1S/C8H15BrN2/c1-7(9)6-11(2)8-3-4-10-5-8/h8,10H,1,3-6H2,2H3. The van der Waals surface area contributed by atoms with Crippen LogP contribution in [0.5, 0.6) is 0 Å². The zero-order chi connectivity index (χ0) is 8.27. The first-order valence-corrected chi connectivity index (χ1v) is 4.73. The Bertz CT molecular complexity index is 141. The summed E-state index contributed by atoms with van der Waals surface area (Å²) >= 11 is 3.37. The summed E-state index contributed by atoms with van der Waals surface area (Å²) in [6, 6.07) is 0.698. The van der Waals surface area contributed by atoms with Crippen molar-refractivity contribution in [2.45, 2.75) is 12.5 Å². The fraction of sp³-hybridized carbons (Fsp3) is 0.750. The monoisotopic (exact) mass is 218 g/mol. The molecule has 0 aromatic heterocycles. The van der Waals surface area contributed by atoms with Gasteiger partial charge in [0.15, 0.2) is 0 Å². The lowest BCUT2D eigenvalue weighted by atomic mass is 10.2. The molecule has 0 bridgehead atoms. The van der Waals surface area contributed by atoms with Gasteiger partial charge in [-0.25, -0.2) is 0 Å². The van der Waals surface area contributed by atoms with Crippen LogP contribution in [0.15, 0.2) is 11.1 Å². The van der Waals surface area contributed by atoms with E-state index in [1.807, 2.05) is 0 Å². The van der Waals surface area contributed by atoms with E-state index >= 15 is 0 Å². The molecule has 0 spiro atoms. The van der Waals surface area contributed by atoms with Gasteiger partial charge < -0.3 is 5.32 Å². The van der Waals surface area contributed by atoms with E-state index in [0.717, 1.165) is 24.1 Å². The third-order valence-corrected chi connectivity index (χ3v) is 2.33. The molecule has 0 amide bonds. The third kappa shape index (κ3) is 2.93. The Kier molecular flexibility index (Phi) is 3.55. The fourth-order valence-electron chi connectivity index (χ4n) is 1.42. The van der Waals surface area contributed by atoms with Gasteiger partial charge in [-0.1, -0.05) is 22.5 Å². The molecule has 1 heterocycles. The molecule has 1 fully saturated rings. The highest BCUT2D eigenvalue weighted by molar-refractivity contribution is 9.11. The molecule has 1 atom stereocenters. The Morgan fingerprint density at radius 2 is 2.55 bits per heavy atom. The van der Waals surface area contributed by atoms with Crippen LogP contribution in [0, 0.1) is 0 Å². The number of rotatable bonds is 3. The van der Waals surface area contributed by atoms with Crippen LogP contribution in [0.1, 0.15) is 6.42 Å². The van der Waals surface area contributed by atoms with Crippen LogP contribution in [-0.2, 0) is 0 Å². The number of hydrogen-bond donors (Lipinski definition) is 1. The van der Waals surface area contributed by atoms with E-state index in [4.69, 9.17) is 0 Å². The lowest BCUT2D eigenvalue weighted by Crippen LogP contribution is -2.34. The first kappa shape index (κ1) is 9.23. The van der Waals surface area contributed by atoms with Crippen molar-refractivity contribution < 1.29 is 0 Å². The van der Waals surface area contributed by atoms with E-state index in [2.05, 4.69) is 39.8 Å². The summed E-state index contributed by atoms with van der Waals surface area (Å²) in [7, 11) is 2.14. The van der Waals surface area contributed by atoms with Crippen LogP contribution in [0.25, 0.3) is 0 Å². The van der Waals surface area contributed by atoms with Gasteiger partial charge in [-0.2, -0.15) is 0 Å². The summed E-state index contributed by atoms with van der Waals surface area (Å²) in [6.45, 7) is 7.05. The van der Waals surface area contributed by atoms with Gasteiger partial charge in [0.2, 0.25) is 0 Å². The molecule has 11 heavy (non-hydrogen) atoms. The van der Waals surface area contributed by atoms with Crippen molar-refractivity contribution in [3.8, 4) is 0 Å². The SMILES string of the molecule is C=C(Br)CN(C)C1CCNC1. The zero-order valence-electron chi connectivity index (χ0n) is 6.94. The van der Waals surface area contributed by atoms with Gasteiger partial charge in [-0.05, 0) is 20.0 Å². The second-order valence-corrected chi connectivity index (χ2v) is 4.20. The van der Waals surface area contributed by atoms with Crippen LogP contribution in [0.2, 0.25) is 0 Å². The Hall–Kier alpha value is 0.140. The maximum Gasteiger partial charge on any atom is 0.0294 e. The highest BCUT2D eigenvalue weighted by Crippen LogP contribution is 2.10. The summed E-state index contributed by atoms with van der Waals surface area (Å²) in [5.41, 5.74) is 0. The quantitative estimate of drug-likeness (QED) is 0.766. The minimum Gasteiger partial charge on any atom is -0.315 e. The molecule has 1 aliphatic heterocycles. The summed E-state index contributed by atoms with van der Waals surface area (Å²) < 4.78 is 1.06. The van der Waals surface area contributed by atoms with Crippen molar-refractivity contribution in [1.82, 2.24) is 10.2 Å². The Morgan fingerprint density at radius 1 is 1.82 bits per heavy atom. The van der Waals surface area contributed by atoms with E-state index < -0.39 is 0 Å². The van der Waals surface area contributed by atoms with Crippen molar-refractivity contribution in [2.75, 3.05) is 26.7 Å². The topological polar surface area (TPSA) is 15.3 Å². The number of likely N-dealkylation sites (N-methyl/N-ethyl adjacent to an activating group) is 1. The average Bonchev–Trinajstić information content (AvgIpc) is 2.35. The van der Waals surface area contributed by atoms with E-state index in [1.54, 1.807) is 0 Å². The molecule has 1 rings (SSSR count). The molecule has 2 nitrogen and oxygen atoms in total. The lowest BCUT2D eigenvalue weighted by Gasteiger charge is -2.22. The molecule has 0 aromatic carbocycles. The molecule has 1 saturated heterocycles. The van der Waals surface area contributed by atoms with Crippen LogP contribution < -0.4 is 5.32 Å². The molecule has 64 valence electrons. The molecule has 0 saturated carbocycles. The van der Waals surface area contributed by atoms with Gasteiger partial charge in [0.1, 0.15) is 0 Å². The van der Waals surface area contributed by atoms with Gasteiger partial charge in [-0.15, -0.1) is 0 Å². The van der Waals surface area contributed by atoms with Crippen LogP contribution in [0.3, 0.4) is 0 Å². The number of hydrogen-bond acceptors (Lipinski definition) is 2. The predicted octanol–water partition coefficient (Wildman–Crippen LogP) is 1.19. The maximum absolute atomic E-state index is 3.82. The van der Waals surface area contributed by atoms with Crippen LogP contribution in [0.4, 0.5) is 0 Å². The van der Waals surface area contributed by atoms with E-state index in [-0.39, 0.29) is 0 Å². The van der Waals surface area contributed by atoms with E-state index in [1.165, 1.54) is 6.42 Å². The fourth-order valence-corrected chi connectivity index (χ4v) is 1.81. The summed E-state index contributed by atoms with van der Waals surface area (Å²) in [6.07, 6.45) is 1.26. The van der Waals surface area contributed by atoms with Crippen LogP contribution >= 0.6 is 15.9 Å². The average molecular weight is 219 g/mol. The Balaban J connectivity index is 2.28. The third-order valence-electron chi connectivity index (χ3n) is 2.08. The molecule has 1 aliphatic rings. The highest BCUT2D eigenvalue weighted by atomic mass is 79.9. The number of nitrogens with zero attached hydrogens (tertiary/aromatic N) is 1. The van der Waals surface area contributed by atoms with Crippen molar-refractivity contribution in [3.05, 3.63) is 11.1 Å². The van der Waals surface area contributed by atoms with Gasteiger partial charge in [0.05, 0.1) is 0 Å². The van der Waals surface area contributed by atoms with Crippen molar-refractivity contribution >= 4 is 15.9 Å². The first-order valence-electron chi connectivity index (χ1n) is 3.94. The minimum atomic E-state index is 0.698. The minimum absolute atomic E-state index is 0.698. The molecule has 1 N–H and O–H groups in total. The number of nitrogens with one attached hydrogen (secondary N) is 1. The molecule has 0 aromatic rings. The second kappa shape index (κ2) is 4.24. The summed E-state index contributed by atoms with van der Waals surface area (Å²) in [4.78, 5) is 2.33. The Morgan fingerprint density at radius 3 is 3.00 bits per heavy atom. The molecular weight excluding hydrogens is 204 g/mol. The van der Waals surface area contributed by atoms with Crippen molar-refractivity contribution in [2.24, 2.45) is 0 Å². The first-order chi connectivity index (χ1) is 5.20. The normalized spacial score (nSPS) is 24.5. The number of halogens is 1. The Labute approximate surface area is 76.8 Å². The molecular formula is C8H15BrN2. The molecule has 1 unspecified atom stereocenters. The predicted molar refractivity (Wildman–Crippen MR) is 52.0 cm³/mol. The lowest BCUT2D eigenvalue weighted by molar-refractivity contribution is 0.282. The van der Waals surface area contributed by atoms with Gasteiger partial charge >= 0.3 is 0 Å².